The van der Waals surface area contributed by atoms with Crippen molar-refractivity contribution in [1.82, 2.24) is 19.6 Å². The Kier molecular flexibility index (Phi) is 5.95. The molecule has 7 nitrogen and oxygen atoms in total. The van der Waals surface area contributed by atoms with Gasteiger partial charge in [-0.2, -0.15) is 0 Å². The molecule has 2 aromatic heterocycles. The molecule has 0 aliphatic heterocycles. The smallest absolute Gasteiger partial charge is 0.268 e. The third-order valence-electron chi connectivity index (χ3n) is 8.38. The van der Waals surface area contributed by atoms with E-state index in [1.807, 2.05) is 18.2 Å². The lowest BCUT2D eigenvalue weighted by Crippen LogP contribution is -2.51. The number of rotatable bonds is 8. The van der Waals surface area contributed by atoms with Gasteiger partial charge in [-0.3, -0.25) is 14.0 Å². The maximum absolute atomic E-state index is 13.2. The molecule has 6 rings (SSSR count). The predicted molar refractivity (Wildman–Crippen MR) is 130 cm³/mol. The molecular formula is C27H38N4O3. The van der Waals surface area contributed by atoms with E-state index in [-0.39, 0.29) is 18.2 Å². The van der Waals surface area contributed by atoms with Gasteiger partial charge in [-0.15, -0.1) is 0 Å². The van der Waals surface area contributed by atoms with Gasteiger partial charge in [0.15, 0.2) is 0 Å². The van der Waals surface area contributed by atoms with Crippen LogP contribution in [-0.2, 0) is 11.2 Å². The lowest BCUT2D eigenvalue weighted by Gasteiger charge is -2.56. The molecule has 4 aliphatic carbocycles. The molecule has 7 heteroatoms. The standard InChI is InChI=1S/C27H38N4O3/c1-26(2,34)7-8-30(3)24(32)12-21-16-31-22(5-4-6-23(31)29-21)25(33)28-17-27-13-18-9-19(14-27)11-20(10-18)15-27/h4-6,16,18-20,34H,7-15,17H2,1-3H3,(H,28,33). The van der Waals surface area contributed by atoms with E-state index in [1.54, 1.807) is 36.4 Å². The molecule has 2 amide bonds. The predicted octanol–water partition coefficient (Wildman–Crippen LogP) is 3.44. The maximum atomic E-state index is 13.2. The van der Waals surface area contributed by atoms with Crippen LogP contribution in [0.5, 0.6) is 0 Å². The topological polar surface area (TPSA) is 86.9 Å². The van der Waals surface area contributed by atoms with E-state index in [0.29, 0.717) is 35.4 Å². The molecule has 0 radical (unpaired) electrons. The van der Waals surface area contributed by atoms with Gasteiger partial charge in [-0.25, -0.2) is 4.98 Å². The molecule has 184 valence electrons. The molecule has 0 unspecified atom stereocenters. The van der Waals surface area contributed by atoms with Crippen molar-refractivity contribution in [3.05, 3.63) is 35.8 Å². The molecule has 2 aromatic rings. The van der Waals surface area contributed by atoms with Crippen LogP contribution in [0.4, 0.5) is 0 Å². The quantitative estimate of drug-likeness (QED) is 0.624. The zero-order chi connectivity index (χ0) is 24.1. The van der Waals surface area contributed by atoms with Gasteiger partial charge in [0.2, 0.25) is 5.91 Å². The van der Waals surface area contributed by atoms with E-state index in [9.17, 15) is 14.7 Å². The van der Waals surface area contributed by atoms with E-state index in [0.717, 1.165) is 24.3 Å². The van der Waals surface area contributed by atoms with Crippen molar-refractivity contribution in [2.24, 2.45) is 23.2 Å². The Morgan fingerprint density at radius 1 is 1.18 bits per heavy atom. The Labute approximate surface area is 201 Å². The number of amides is 2. The van der Waals surface area contributed by atoms with Crippen molar-refractivity contribution in [2.45, 2.75) is 70.8 Å². The molecule has 4 saturated carbocycles. The van der Waals surface area contributed by atoms with Gasteiger partial charge in [0.1, 0.15) is 11.3 Å². The summed E-state index contributed by atoms with van der Waals surface area (Å²) in [5.74, 6) is 2.46. The summed E-state index contributed by atoms with van der Waals surface area (Å²) >= 11 is 0. The van der Waals surface area contributed by atoms with E-state index < -0.39 is 5.60 Å². The van der Waals surface area contributed by atoms with E-state index in [4.69, 9.17) is 0 Å². The summed E-state index contributed by atoms with van der Waals surface area (Å²) in [6, 6.07) is 5.54. The Morgan fingerprint density at radius 2 is 1.82 bits per heavy atom. The Bertz CT molecular complexity index is 1050. The van der Waals surface area contributed by atoms with Gasteiger partial charge >= 0.3 is 0 Å². The van der Waals surface area contributed by atoms with Gasteiger partial charge in [0.05, 0.1) is 17.7 Å². The molecule has 34 heavy (non-hydrogen) atoms. The molecule has 0 atom stereocenters. The number of aromatic nitrogens is 2. The fraction of sp³-hybridized carbons (Fsp3) is 0.667. The Morgan fingerprint density at radius 3 is 2.44 bits per heavy atom. The van der Waals surface area contributed by atoms with Crippen LogP contribution in [0.3, 0.4) is 0 Å². The van der Waals surface area contributed by atoms with Crippen LogP contribution in [0, 0.1) is 23.2 Å². The number of aliphatic hydroxyl groups is 1. The van der Waals surface area contributed by atoms with Crippen molar-refractivity contribution in [2.75, 3.05) is 20.1 Å². The minimum absolute atomic E-state index is 0.0551. The molecule has 0 aromatic carbocycles. The Hall–Kier alpha value is -2.41. The van der Waals surface area contributed by atoms with E-state index >= 15 is 0 Å². The molecule has 4 bridgehead atoms. The van der Waals surface area contributed by atoms with E-state index in [2.05, 4.69) is 10.3 Å². The number of likely N-dealkylation sites (N-methyl/N-ethyl adjacent to an activating group) is 1. The highest BCUT2D eigenvalue weighted by atomic mass is 16.3. The normalized spacial score (nSPS) is 27.8. The number of carbonyl (C=O) groups excluding carboxylic acids is 2. The summed E-state index contributed by atoms with van der Waals surface area (Å²) in [4.78, 5) is 32.1. The largest absolute Gasteiger partial charge is 0.390 e. The molecule has 4 fully saturated rings. The van der Waals surface area contributed by atoms with Crippen molar-refractivity contribution in [1.29, 1.82) is 0 Å². The molecule has 2 heterocycles. The highest BCUT2D eigenvalue weighted by Crippen LogP contribution is 2.59. The molecule has 4 aliphatic rings. The van der Waals surface area contributed by atoms with Gasteiger partial charge in [-0.05, 0) is 94.1 Å². The van der Waals surface area contributed by atoms with Gasteiger partial charge in [-0.1, -0.05) is 6.07 Å². The monoisotopic (exact) mass is 466 g/mol. The highest BCUT2D eigenvalue weighted by Gasteiger charge is 2.50. The zero-order valence-electron chi connectivity index (χ0n) is 20.7. The number of hydrogen-bond acceptors (Lipinski definition) is 4. The molecular weight excluding hydrogens is 428 g/mol. The van der Waals surface area contributed by atoms with Crippen molar-refractivity contribution in [3.8, 4) is 0 Å². The molecule has 2 N–H and O–H groups in total. The number of nitrogens with one attached hydrogen (secondary N) is 1. The van der Waals surface area contributed by atoms with Crippen LogP contribution >= 0.6 is 0 Å². The number of pyridine rings is 1. The SMILES string of the molecule is CN(CCC(C)(C)O)C(=O)Cc1cn2c(C(=O)NCC34CC5CC(CC(C5)C3)C4)cccc2n1. The number of hydrogen-bond donors (Lipinski definition) is 2. The third-order valence-corrected chi connectivity index (χ3v) is 8.38. The third kappa shape index (κ3) is 4.85. The fourth-order valence-corrected chi connectivity index (χ4v) is 7.05. The van der Waals surface area contributed by atoms with E-state index in [1.165, 1.54) is 38.5 Å². The maximum Gasteiger partial charge on any atom is 0.268 e. The summed E-state index contributed by atoms with van der Waals surface area (Å²) in [5, 5.41) is 13.2. The van der Waals surface area contributed by atoms with Crippen LogP contribution in [0.25, 0.3) is 5.65 Å². The first-order valence-electron chi connectivity index (χ1n) is 12.8. The number of nitrogens with zero attached hydrogens (tertiary/aromatic N) is 3. The first kappa shape index (κ1) is 23.3. The van der Waals surface area contributed by atoms with Crippen LogP contribution in [0.2, 0.25) is 0 Å². The number of carbonyl (C=O) groups is 2. The average Bonchev–Trinajstić information content (AvgIpc) is 3.16. The molecule has 0 spiro atoms. The summed E-state index contributed by atoms with van der Waals surface area (Å²) in [7, 11) is 1.74. The van der Waals surface area contributed by atoms with Gasteiger partial charge < -0.3 is 15.3 Å². The summed E-state index contributed by atoms with van der Waals surface area (Å²) < 4.78 is 1.80. The van der Waals surface area contributed by atoms with Crippen LogP contribution in [-0.4, -0.2) is 56.9 Å². The minimum atomic E-state index is -0.809. The lowest BCUT2D eigenvalue weighted by atomic mass is 9.49. The second-order valence-corrected chi connectivity index (χ2v) is 12.0. The average molecular weight is 467 g/mol. The second-order valence-electron chi connectivity index (χ2n) is 12.0. The number of imidazole rings is 1. The summed E-state index contributed by atoms with van der Waals surface area (Å²) in [5.41, 5.74) is 1.35. The minimum Gasteiger partial charge on any atom is -0.390 e. The lowest BCUT2D eigenvalue weighted by molar-refractivity contribution is -0.129. The summed E-state index contributed by atoms with van der Waals surface area (Å²) in [6.45, 7) is 4.72. The number of fused-ring (bicyclic) bond motifs is 1. The first-order chi connectivity index (χ1) is 16.1. The fourth-order valence-electron chi connectivity index (χ4n) is 7.05. The highest BCUT2D eigenvalue weighted by molar-refractivity contribution is 5.93. The van der Waals surface area contributed by atoms with Crippen molar-refractivity contribution in [3.63, 3.8) is 0 Å². The zero-order valence-corrected chi connectivity index (χ0v) is 20.7. The van der Waals surface area contributed by atoms with Crippen LogP contribution < -0.4 is 5.32 Å². The molecule has 0 saturated heterocycles. The van der Waals surface area contributed by atoms with Gasteiger partial charge in [0, 0.05) is 26.3 Å². The van der Waals surface area contributed by atoms with Gasteiger partial charge in [0.25, 0.3) is 5.91 Å². The Balaban J connectivity index is 1.24. The van der Waals surface area contributed by atoms with Crippen LogP contribution in [0.1, 0.15) is 75.0 Å². The van der Waals surface area contributed by atoms with Crippen molar-refractivity contribution >= 4 is 17.5 Å². The van der Waals surface area contributed by atoms with Crippen molar-refractivity contribution < 1.29 is 14.7 Å². The summed E-state index contributed by atoms with van der Waals surface area (Å²) in [6.07, 6.45) is 10.5. The first-order valence-corrected chi connectivity index (χ1v) is 12.8. The second kappa shape index (κ2) is 8.67. The van der Waals surface area contributed by atoms with Crippen LogP contribution in [0.15, 0.2) is 24.4 Å².